The van der Waals surface area contributed by atoms with Gasteiger partial charge in [0.2, 0.25) is 0 Å². The van der Waals surface area contributed by atoms with Crippen LogP contribution in [0.3, 0.4) is 0 Å². The van der Waals surface area contributed by atoms with Crippen LogP contribution >= 0.6 is 11.3 Å². The van der Waals surface area contributed by atoms with E-state index >= 15 is 0 Å². The fourth-order valence-electron chi connectivity index (χ4n) is 1.87. The summed E-state index contributed by atoms with van der Waals surface area (Å²) in [5.41, 5.74) is 1.94. The highest BCUT2D eigenvalue weighted by Gasteiger charge is 2.23. The largest absolute Gasteiger partial charge is 0.293 e. The van der Waals surface area contributed by atoms with Gasteiger partial charge in [0.05, 0.1) is 10.6 Å². The minimum absolute atomic E-state index is 0.210. The minimum Gasteiger partial charge on any atom is -0.293 e. The van der Waals surface area contributed by atoms with Crippen molar-refractivity contribution in [2.24, 2.45) is 0 Å². The van der Waals surface area contributed by atoms with E-state index in [1.807, 2.05) is 6.92 Å². The van der Waals surface area contributed by atoms with Crippen LogP contribution in [0.1, 0.15) is 33.8 Å². The lowest BCUT2D eigenvalue weighted by atomic mass is 10.0. The molecule has 0 saturated heterocycles. The van der Waals surface area contributed by atoms with E-state index in [0.717, 1.165) is 34.0 Å². The number of carbonyl (C=O) groups excluding carboxylic acids is 1. The Morgan fingerprint density at radius 2 is 2.00 bits per heavy atom. The highest BCUT2D eigenvalue weighted by molar-refractivity contribution is 7.17. The van der Waals surface area contributed by atoms with Crippen molar-refractivity contribution in [2.45, 2.75) is 26.2 Å². The monoisotopic (exact) mass is 245 g/mol. The molecule has 1 aliphatic carbocycles. The van der Waals surface area contributed by atoms with E-state index in [-0.39, 0.29) is 5.78 Å². The number of aromatic nitrogens is 3. The lowest BCUT2D eigenvalue weighted by Crippen LogP contribution is -2.07. The van der Waals surface area contributed by atoms with Gasteiger partial charge >= 0.3 is 0 Å². The molecule has 1 aliphatic rings. The number of rotatable bonds is 1. The molecule has 3 rings (SSSR count). The number of ketones is 1. The third kappa shape index (κ3) is 1.86. The van der Waals surface area contributed by atoms with E-state index in [4.69, 9.17) is 0 Å². The number of aryl methyl sites for hydroxylation is 2. The van der Waals surface area contributed by atoms with Gasteiger partial charge in [-0.2, -0.15) is 0 Å². The normalized spacial score (nSPS) is 14.8. The van der Waals surface area contributed by atoms with Crippen molar-refractivity contribution in [3.05, 3.63) is 28.5 Å². The number of thiazole rings is 1. The van der Waals surface area contributed by atoms with Crippen LogP contribution in [0.4, 0.5) is 0 Å². The van der Waals surface area contributed by atoms with E-state index in [2.05, 4.69) is 15.0 Å². The number of Topliss-reactive ketones (excluding diaryl/α,β-unsaturated/α-hetero) is 1. The van der Waals surface area contributed by atoms with Gasteiger partial charge in [-0.1, -0.05) is 0 Å². The Morgan fingerprint density at radius 3 is 2.71 bits per heavy atom. The Balaban J connectivity index is 2.05. The zero-order valence-electron chi connectivity index (χ0n) is 9.43. The van der Waals surface area contributed by atoms with E-state index in [1.54, 1.807) is 12.4 Å². The van der Waals surface area contributed by atoms with Crippen molar-refractivity contribution >= 4 is 17.1 Å². The van der Waals surface area contributed by atoms with Crippen molar-refractivity contribution < 1.29 is 4.79 Å². The van der Waals surface area contributed by atoms with Gasteiger partial charge < -0.3 is 0 Å². The zero-order chi connectivity index (χ0) is 11.8. The van der Waals surface area contributed by atoms with Gasteiger partial charge in [0, 0.05) is 18.8 Å². The van der Waals surface area contributed by atoms with Gasteiger partial charge in [-0.3, -0.25) is 4.79 Å². The number of hydrogen-bond acceptors (Lipinski definition) is 5. The van der Waals surface area contributed by atoms with Crippen molar-refractivity contribution in [2.75, 3.05) is 0 Å². The van der Waals surface area contributed by atoms with Crippen LogP contribution in [-0.4, -0.2) is 20.7 Å². The molecule has 0 amide bonds. The zero-order valence-corrected chi connectivity index (χ0v) is 10.3. The fourth-order valence-corrected chi connectivity index (χ4v) is 2.89. The first-order chi connectivity index (χ1) is 8.24. The van der Waals surface area contributed by atoms with E-state index in [0.29, 0.717) is 12.2 Å². The first kappa shape index (κ1) is 10.5. The van der Waals surface area contributed by atoms with Gasteiger partial charge in [-0.15, -0.1) is 11.3 Å². The second-order valence-corrected chi connectivity index (χ2v) is 5.15. The summed E-state index contributed by atoms with van der Waals surface area (Å²) >= 11 is 1.42. The molecule has 0 unspecified atom stereocenters. The molecule has 0 N–H and O–H groups in total. The highest BCUT2D eigenvalue weighted by atomic mass is 32.1. The van der Waals surface area contributed by atoms with Crippen LogP contribution < -0.4 is 0 Å². The van der Waals surface area contributed by atoms with Crippen LogP contribution in [0.2, 0.25) is 0 Å². The summed E-state index contributed by atoms with van der Waals surface area (Å²) < 4.78 is 0. The topological polar surface area (TPSA) is 55.7 Å². The summed E-state index contributed by atoms with van der Waals surface area (Å²) in [6.45, 7) is 1.94. The van der Waals surface area contributed by atoms with Crippen LogP contribution in [0.25, 0.3) is 10.8 Å². The minimum atomic E-state index is 0.210. The maximum Gasteiger partial charge on any atom is 0.188 e. The van der Waals surface area contributed by atoms with Gasteiger partial charge in [0.25, 0.3) is 0 Å². The Labute approximate surface area is 103 Å². The number of hydrogen-bond donors (Lipinski definition) is 0. The summed E-state index contributed by atoms with van der Waals surface area (Å²) in [6.07, 6.45) is 5.98. The number of fused-ring (bicyclic) bond motifs is 1. The molecule has 86 valence electrons. The van der Waals surface area contributed by atoms with Gasteiger partial charge in [0.15, 0.2) is 16.6 Å². The molecule has 0 aromatic carbocycles. The Morgan fingerprint density at radius 1 is 1.24 bits per heavy atom. The quantitative estimate of drug-likeness (QED) is 0.774. The van der Waals surface area contributed by atoms with Crippen molar-refractivity contribution in [1.82, 2.24) is 15.0 Å². The molecule has 0 radical (unpaired) electrons. The fraction of sp³-hybridized carbons (Fsp3) is 0.333. The van der Waals surface area contributed by atoms with E-state index in [9.17, 15) is 4.79 Å². The summed E-state index contributed by atoms with van der Waals surface area (Å²) in [6, 6.07) is 0. The van der Waals surface area contributed by atoms with Crippen LogP contribution in [0.15, 0.2) is 12.4 Å². The van der Waals surface area contributed by atoms with Crippen molar-refractivity contribution in [3.8, 4) is 10.8 Å². The van der Waals surface area contributed by atoms with Crippen LogP contribution in [-0.2, 0) is 6.42 Å². The predicted octanol–water partition coefficient (Wildman–Crippen LogP) is 2.43. The van der Waals surface area contributed by atoms with Gasteiger partial charge in [0.1, 0.15) is 0 Å². The Kier molecular flexibility index (Phi) is 2.48. The molecule has 5 heteroatoms. The summed E-state index contributed by atoms with van der Waals surface area (Å²) in [4.78, 5) is 25.5. The summed E-state index contributed by atoms with van der Waals surface area (Å²) in [7, 11) is 0. The van der Waals surface area contributed by atoms with Crippen molar-refractivity contribution in [1.29, 1.82) is 0 Å². The Hall–Kier alpha value is -1.62. The molecule has 0 aliphatic heterocycles. The lowest BCUT2D eigenvalue weighted by Gasteiger charge is -2.06. The third-order valence-corrected chi connectivity index (χ3v) is 3.87. The molecule has 0 spiro atoms. The Bertz CT molecular complexity index is 574. The van der Waals surface area contributed by atoms with E-state index < -0.39 is 0 Å². The lowest BCUT2D eigenvalue weighted by molar-refractivity contribution is 0.0976. The highest BCUT2D eigenvalue weighted by Crippen LogP contribution is 2.30. The molecule has 0 atom stereocenters. The molecule has 4 nitrogen and oxygen atoms in total. The molecule has 2 aromatic rings. The predicted molar refractivity (Wildman–Crippen MR) is 65.1 cm³/mol. The van der Waals surface area contributed by atoms with Crippen LogP contribution in [0, 0.1) is 6.92 Å². The van der Waals surface area contributed by atoms with Gasteiger partial charge in [-0.05, 0) is 25.3 Å². The van der Waals surface area contributed by atoms with Crippen molar-refractivity contribution in [3.63, 3.8) is 0 Å². The third-order valence-electron chi connectivity index (χ3n) is 2.74. The molecular weight excluding hydrogens is 234 g/mol. The SMILES string of the molecule is Cc1cnc(-c2nc3c(s2)C(=O)CCC3)nc1. The molecule has 0 bridgehead atoms. The molecule has 2 aromatic heterocycles. The summed E-state index contributed by atoms with van der Waals surface area (Å²) in [5, 5.41) is 0.755. The smallest absolute Gasteiger partial charge is 0.188 e. The molecule has 0 fully saturated rings. The second-order valence-electron chi connectivity index (χ2n) is 4.16. The maximum atomic E-state index is 11.7. The van der Waals surface area contributed by atoms with Crippen LogP contribution in [0.5, 0.6) is 0 Å². The molecule has 2 heterocycles. The molecule has 17 heavy (non-hydrogen) atoms. The number of nitrogens with zero attached hydrogens (tertiary/aromatic N) is 3. The average molecular weight is 245 g/mol. The molecular formula is C12H11N3OS. The number of carbonyl (C=O) groups is 1. The second kappa shape index (κ2) is 4.00. The van der Waals surface area contributed by atoms with E-state index in [1.165, 1.54) is 11.3 Å². The average Bonchev–Trinajstić information content (AvgIpc) is 2.75. The molecule has 0 saturated carbocycles. The first-order valence-electron chi connectivity index (χ1n) is 5.56. The standard InChI is InChI=1S/C12H11N3OS/c1-7-5-13-11(14-6-7)12-15-8-3-2-4-9(16)10(8)17-12/h5-6H,2-4H2,1H3. The maximum absolute atomic E-state index is 11.7. The first-order valence-corrected chi connectivity index (χ1v) is 6.37. The summed E-state index contributed by atoms with van der Waals surface area (Å²) in [5.74, 6) is 0.824. The van der Waals surface area contributed by atoms with Gasteiger partial charge in [-0.25, -0.2) is 15.0 Å².